The van der Waals surface area contributed by atoms with Crippen LogP contribution in [0, 0.1) is 27.4 Å². The molecule has 4 aliphatic rings. The van der Waals surface area contributed by atoms with Gasteiger partial charge in [0.25, 0.3) is 5.69 Å². The molecule has 2 fully saturated rings. The highest BCUT2D eigenvalue weighted by molar-refractivity contribution is 5.51. The first kappa shape index (κ1) is 16.6. The Morgan fingerprint density at radius 3 is 2.48 bits per heavy atom. The van der Waals surface area contributed by atoms with Gasteiger partial charge in [0.05, 0.1) is 37.6 Å². The fourth-order valence-corrected chi connectivity index (χ4v) is 5.01. The first-order valence-electron chi connectivity index (χ1n) is 9.47. The van der Waals surface area contributed by atoms with E-state index in [4.69, 9.17) is 0 Å². The molecule has 1 heterocycles. The van der Waals surface area contributed by atoms with Crippen molar-refractivity contribution in [3.8, 4) is 0 Å². The van der Waals surface area contributed by atoms with Crippen LogP contribution in [0.25, 0.3) is 0 Å². The molecule has 134 valence electrons. The van der Waals surface area contributed by atoms with Crippen molar-refractivity contribution < 1.29 is 9.82 Å². The maximum absolute atomic E-state index is 10.8. The average molecular weight is 342 g/mol. The summed E-state index contributed by atoms with van der Waals surface area (Å²) in [4.78, 5) is 14.5. The van der Waals surface area contributed by atoms with Crippen molar-refractivity contribution in [1.82, 2.24) is 0 Å². The van der Waals surface area contributed by atoms with Crippen molar-refractivity contribution in [1.29, 1.82) is 0 Å². The fraction of sp³-hybridized carbons (Fsp3) is 0.600. The first-order chi connectivity index (χ1) is 11.9. The summed E-state index contributed by atoms with van der Waals surface area (Å²) >= 11 is 0. The first-order valence-corrected chi connectivity index (χ1v) is 9.47. The maximum atomic E-state index is 10.8. The van der Waals surface area contributed by atoms with Crippen molar-refractivity contribution in [3.05, 3.63) is 46.0 Å². The summed E-state index contributed by atoms with van der Waals surface area (Å²) in [6.45, 7) is 10.4. The zero-order valence-corrected chi connectivity index (χ0v) is 15.2. The van der Waals surface area contributed by atoms with E-state index in [2.05, 4.69) is 24.8 Å². The van der Waals surface area contributed by atoms with E-state index < -0.39 is 0 Å². The average Bonchev–Trinajstić information content (AvgIpc) is 2.62. The van der Waals surface area contributed by atoms with Crippen LogP contribution in [-0.4, -0.2) is 37.6 Å². The molecule has 0 unspecified atom stereocenters. The fourth-order valence-electron chi connectivity index (χ4n) is 5.01. The van der Waals surface area contributed by atoms with Crippen LogP contribution in [0.5, 0.6) is 0 Å². The van der Waals surface area contributed by atoms with Crippen LogP contribution in [-0.2, 0) is 0 Å². The summed E-state index contributed by atoms with van der Waals surface area (Å²) in [7, 11) is 0. The number of nitrogens with one attached hydrogen (secondary N) is 1. The Labute approximate surface area is 149 Å². The van der Waals surface area contributed by atoms with Crippen LogP contribution in [0.3, 0.4) is 0 Å². The largest absolute Gasteiger partial charge is 0.360 e. The Kier molecular flexibility index (Phi) is 4.07. The van der Waals surface area contributed by atoms with Gasteiger partial charge >= 0.3 is 0 Å². The molecule has 0 spiro atoms. The minimum atomic E-state index is -0.337. The lowest BCUT2D eigenvalue weighted by molar-refractivity contribution is -0.896. The highest BCUT2D eigenvalue weighted by atomic mass is 16.6. The van der Waals surface area contributed by atoms with Gasteiger partial charge in [-0.3, -0.25) is 10.1 Å². The minimum absolute atomic E-state index is 0.165. The smallest absolute Gasteiger partial charge is 0.269 e. The van der Waals surface area contributed by atoms with Crippen molar-refractivity contribution in [2.75, 3.05) is 37.6 Å². The predicted octanol–water partition coefficient (Wildman–Crippen LogP) is 2.29. The van der Waals surface area contributed by atoms with E-state index in [0.29, 0.717) is 5.41 Å². The van der Waals surface area contributed by atoms with Crippen molar-refractivity contribution in [3.63, 3.8) is 0 Å². The number of quaternary nitrogens is 1. The van der Waals surface area contributed by atoms with Crippen molar-refractivity contribution in [2.24, 2.45) is 17.3 Å². The number of nitro benzene ring substituents is 1. The molecular formula is C20H28N3O2+. The van der Waals surface area contributed by atoms with E-state index in [1.165, 1.54) is 19.4 Å². The number of allylic oxidation sites excluding steroid dienone is 1. The summed E-state index contributed by atoms with van der Waals surface area (Å²) in [5.41, 5.74) is 3.49. The molecule has 25 heavy (non-hydrogen) atoms. The minimum Gasteiger partial charge on any atom is -0.360 e. The molecule has 0 radical (unpaired) electrons. The molecule has 5 heteroatoms. The normalized spacial score (nSPS) is 28.2. The van der Waals surface area contributed by atoms with E-state index in [1.54, 1.807) is 22.6 Å². The molecule has 1 aliphatic heterocycles. The van der Waals surface area contributed by atoms with Gasteiger partial charge in [-0.25, -0.2) is 0 Å². The Balaban J connectivity index is 1.33. The van der Waals surface area contributed by atoms with Crippen LogP contribution in [0.2, 0.25) is 0 Å². The summed E-state index contributed by atoms with van der Waals surface area (Å²) < 4.78 is 0. The van der Waals surface area contributed by atoms with E-state index in [9.17, 15) is 10.1 Å². The van der Waals surface area contributed by atoms with Gasteiger partial charge in [0.15, 0.2) is 0 Å². The third kappa shape index (κ3) is 2.95. The number of hydrogen-bond acceptors (Lipinski definition) is 3. The molecule has 0 amide bonds. The molecule has 1 saturated carbocycles. The zero-order chi connectivity index (χ0) is 17.6. The molecular weight excluding hydrogens is 314 g/mol. The summed E-state index contributed by atoms with van der Waals surface area (Å²) in [6.07, 6.45) is 5.21. The van der Waals surface area contributed by atoms with Gasteiger partial charge in [0.1, 0.15) is 0 Å². The standard InChI is InChI=1S/C20H27N3O2/c1-20(2)16-4-3-15(19(20)13-16)14-21-9-11-22(12-10-21)17-5-7-18(8-6-17)23(24)25/h3,5-8,16,19H,4,9-14H2,1-2H3/p+1/t16-,19-/m1/s1. The second-order valence-electron chi connectivity index (χ2n) is 8.51. The third-order valence-electron chi connectivity index (χ3n) is 6.93. The summed E-state index contributed by atoms with van der Waals surface area (Å²) in [6, 6.07) is 6.97. The molecule has 1 aromatic rings. The van der Waals surface area contributed by atoms with Crippen LogP contribution in [0.4, 0.5) is 11.4 Å². The lowest BCUT2D eigenvalue weighted by atomic mass is 9.49. The maximum Gasteiger partial charge on any atom is 0.269 e. The molecule has 1 saturated heterocycles. The van der Waals surface area contributed by atoms with E-state index in [1.807, 2.05) is 12.1 Å². The Bertz CT molecular complexity index is 687. The van der Waals surface area contributed by atoms with Gasteiger partial charge < -0.3 is 9.80 Å². The molecule has 1 aromatic carbocycles. The lowest BCUT2D eigenvalue weighted by Crippen LogP contribution is -3.15. The quantitative estimate of drug-likeness (QED) is 0.519. The highest BCUT2D eigenvalue weighted by Gasteiger charge is 2.51. The molecule has 2 atom stereocenters. The van der Waals surface area contributed by atoms with Crippen molar-refractivity contribution >= 4 is 11.4 Å². The van der Waals surface area contributed by atoms with Gasteiger partial charge in [-0.2, -0.15) is 0 Å². The Morgan fingerprint density at radius 1 is 1.24 bits per heavy atom. The zero-order valence-electron chi connectivity index (χ0n) is 15.2. The van der Waals surface area contributed by atoms with Gasteiger partial charge in [-0.15, -0.1) is 0 Å². The van der Waals surface area contributed by atoms with E-state index in [-0.39, 0.29) is 10.6 Å². The number of benzene rings is 1. The highest BCUT2D eigenvalue weighted by Crippen LogP contribution is 2.58. The molecule has 0 aromatic heterocycles. The number of piperazine rings is 1. The lowest BCUT2D eigenvalue weighted by Gasteiger charge is -2.56. The Hall–Kier alpha value is -1.88. The number of nitrogens with zero attached hydrogens (tertiary/aromatic N) is 2. The van der Waals surface area contributed by atoms with Gasteiger partial charge in [-0.05, 0) is 47.8 Å². The number of rotatable bonds is 4. The monoisotopic (exact) mass is 342 g/mol. The summed E-state index contributed by atoms with van der Waals surface area (Å²) in [5.74, 6) is 1.72. The third-order valence-corrected chi connectivity index (χ3v) is 6.93. The Morgan fingerprint density at radius 2 is 1.92 bits per heavy atom. The molecule has 3 aliphatic carbocycles. The van der Waals surface area contributed by atoms with E-state index >= 15 is 0 Å². The SMILES string of the molecule is CC1(C)[C@@H]2CC=C(C[NH+]3CCN(c4ccc([N+](=O)[O-])cc4)CC3)[C@H]1C2. The second kappa shape index (κ2) is 6.13. The number of anilines is 1. The predicted molar refractivity (Wildman–Crippen MR) is 99.0 cm³/mol. The number of nitro groups is 1. The van der Waals surface area contributed by atoms with Gasteiger partial charge in [0.2, 0.25) is 0 Å². The van der Waals surface area contributed by atoms with Crippen LogP contribution < -0.4 is 9.80 Å². The van der Waals surface area contributed by atoms with Gasteiger partial charge in [0, 0.05) is 17.8 Å². The van der Waals surface area contributed by atoms with E-state index in [0.717, 1.165) is 43.7 Å². The molecule has 5 rings (SSSR count). The topological polar surface area (TPSA) is 50.8 Å². The summed E-state index contributed by atoms with van der Waals surface area (Å²) in [5, 5.41) is 10.8. The number of non-ortho nitro benzene ring substituents is 1. The van der Waals surface area contributed by atoms with Crippen LogP contribution in [0.15, 0.2) is 35.9 Å². The molecule has 2 bridgehead atoms. The molecule has 5 nitrogen and oxygen atoms in total. The number of hydrogen-bond donors (Lipinski definition) is 1. The van der Waals surface area contributed by atoms with Crippen LogP contribution >= 0.6 is 0 Å². The van der Waals surface area contributed by atoms with Crippen molar-refractivity contribution in [2.45, 2.75) is 26.7 Å². The number of fused-ring (bicyclic) bond motifs is 1. The molecule has 1 N–H and O–H groups in total. The second-order valence-corrected chi connectivity index (χ2v) is 8.51. The van der Waals surface area contributed by atoms with Crippen LogP contribution in [0.1, 0.15) is 26.7 Å². The van der Waals surface area contributed by atoms with Gasteiger partial charge in [-0.1, -0.05) is 19.9 Å².